The number of nitrogens with zero attached hydrogens (tertiary/aromatic N) is 1. The van der Waals surface area contributed by atoms with Crippen LogP contribution >= 0.6 is 0 Å². The zero-order valence-corrected chi connectivity index (χ0v) is 10.8. The molecule has 1 aromatic rings. The first-order chi connectivity index (χ1) is 8.29. The molecule has 0 fully saturated rings. The standard InChI is InChI=1S/C15H21NO/c1-3-4-9-16(2)12-13-7-8-14-6-5-10-17-15(14)11-13/h3-4,7-8,11H,5-6,9-10,12H2,1-2H3. The Morgan fingerprint density at radius 3 is 3.12 bits per heavy atom. The molecule has 0 aromatic heterocycles. The van der Waals surface area contributed by atoms with Crippen molar-refractivity contribution < 1.29 is 4.74 Å². The lowest BCUT2D eigenvalue weighted by Gasteiger charge is -2.20. The normalized spacial score (nSPS) is 15.0. The second-order valence-electron chi connectivity index (χ2n) is 4.66. The van der Waals surface area contributed by atoms with E-state index in [1.54, 1.807) is 0 Å². The minimum Gasteiger partial charge on any atom is -0.493 e. The van der Waals surface area contributed by atoms with Crippen LogP contribution in [-0.4, -0.2) is 25.1 Å². The van der Waals surface area contributed by atoms with E-state index in [1.165, 1.54) is 11.1 Å². The molecule has 0 N–H and O–H groups in total. The molecule has 17 heavy (non-hydrogen) atoms. The van der Waals surface area contributed by atoms with Crippen molar-refractivity contribution in [3.63, 3.8) is 0 Å². The summed E-state index contributed by atoms with van der Waals surface area (Å²) in [4.78, 5) is 2.30. The van der Waals surface area contributed by atoms with E-state index < -0.39 is 0 Å². The van der Waals surface area contributed by atoms with Gasteiger partial charge < -0.3 is 4.74 Å². The van der Waals surface area contributed by atoms with Gasteiger partial charge in [0.15, 0.2) is 0 Å². The predicted octanol–water partition coefficient (Wildman–Crippen LogP) is 3.02. The Kier molecular flexibility index (Phi) is 4.21. The van der Waals surface area contributed by atoms with Crippen molar-refractivity contribution in [2.75, 3.05) is 20.2 Å². The van der Waals surface area contributed by atoms with Crippen LogP contribution in [0.3, 0.4) is 0 Å². The van der Waals surface area contributed by atoms with Crippen LogP contribution in [-0.2, 0) is 13.0 Å². The van der Waals surface area contributed by atoms with E-state index in [0.717, 1.165) is 38.3 Å². The lowest BCUT2D eigenvalue weighted by Crippen LogP contribution is -2.18. The first kappa shape index (κ1) is 12.2. The van der Waals surface area contributed by atoms with Crippen LogP contribution in [0.25, 0.3) is 0 Å². The first-order valence-electron chi connectivity index (χ1n) is 6.34. The largest absolute Gasteiger partial charge is 0.493 e. The Morgan fingerprint density at radius 2 is 2.29 bits per heavy atom. The number of rotatable bonds is 4. The van der Waals surface area contributed by atoms with E-state index in [-0.39, 0.29) is 0 Å². The number of likely N-dealkylation sites (N-methyl/N-ethyl adjacent to an activating group) is 1. The highest BCUT2D eigenvalue weighted by Gasteiger charge is 2.10. The Bertz CT molecular complexity index is 398. The van der Waals surface area contributed by atoms with Gasteiger partial charge >= 0.3 is 0 Å². The second-order valence-corrected chi connectivity index (χ2v) is 4.66. The molecule has 2 heteroatoms. The fourth-order valence-electron chi connectivity index (χ4n) is 2.14. The van der Waals surface area contributed by atoms with E-state index in [1.807, 2.05) is 0 Å². The maximum atomic E-state index is 5.69. The van der Waals surface area contributed by atoms with Crippen molar-refractivity contribution in [1.29, 1.82) is 0 Å². The van der Waals surface area contributed by atoms with Gasteiger partial charge in [-0.2, -0.15) is 0 Å². The average molecular weight is 231 g/mol. The number of ether oxygens (including phenoxy) is 1. The molecule has 2 rings (SSSR count). The summed E-state index contributed by atoms with van der Waals surface area (Å²) >= 11 is 0. The number of aryl methyl sites for hydroxylation is 1. The maximum absolute atomic E-state index is 5.69. The van der Waals surface area contributed by atoms with Gasteiger partial charge in [-0.05, 0) is 44.0 Å². The van der Waals surface area contributed by atoms with E-state index in [0.29, 0.717) is 0 Å². The van der Waals surface area contributed by atoms with Crippen LogP contribution in [0.4, 0.5) is 0 Å². The summed E-state index contributed by atoms with van der Waals surface area (Å²) in [5, 5.41) is 0. The van der Waals surface area contributed by atoms with Crippen LogP contribution < -0.4 is 4.74 Å². The molecule has 1 aliphatic rings. The highest BCUT2D eigenvalue weighted by Crippen LogP contribution is 2.26. The molecule has 0 saturated heterocycles. The average Bonchev–Trinajstić information content (AvgIpc) is 2.36. The third-order valence-electron chi connectivity index (χ3n) is 3.08. The zero-order chi connectivity index (χ0) is 12.1. The maximum Gasteiger partial charge on any atom is 0.122 e. The first-order valence-corrected chi connectivity index (χ1v) is 6.34. The SMILES string of the molecule is CC=CCN(C)Cc1ccc2c(c1)OCCC2. The third kappa shape index (κ3) is 3.34. The summed E-state index contributed by atoms with van der Waals surface area (Å²) in [7, 11) is 2.14. The van der Waals surface area contributed by atoms with Crippen molar-refractivity contribution >= 4 is 0 Å². The molecule has 0 radical (unpaired) electrons. The minimum atomic E-state index is 0.866. The van der Waals surface area contributed by atoms with Gasteiger partial charge in [-0.1, -0.05) is 24.3 Å². The van der Waals surface area contributed by atoms with Gasteiger partial charge in [0.05, 0.1) is 6.61 Å². The van der Waals surface area contributed by atoms with Gasteiger partial charge in [0.25, 0.3) is 0 Å². The highest BCUT2D eigenvalue weighted by atomic mass is 16.5. The van der Waals surface area contributed by atoms with Gasteiger partial charge in [0, 0.05) is 13.1 Å². The topological polar surface area (TPSA) is 12.5 Å². The Hall–Kier alpha value is -1.28. The van der Waals surface area contributed by atoms with Crippen LogP contribution in [0.2, 0.25) is 0 Å². The number of fused-ring (bicyclic) bond motifs is 1. The molecule has 0 amide bonds. The van der Waals surface area contributed by atoms with Crippen molar-refractivity contribution in [3.05, 3.63) is 41.5 Å². The van der Waals surface area contributed by atoms with Crippen LogP contribution in [0.1, 0.15) is 24.5 Å². The van der Waals surface area contributed by atoms with Crippen LogP contribution in [0.15, 0.2) is 30.4 Å². The highest BCUT2D eigenvalue weighted by molar-refractivity contribution is 5.38. The van der Waals surface area contributed by atoms with Crippen molar-refractivity contribution in [1.82, 2.24) is 4.90 Å². The molecule has 0 aliphatic carbocycles. The number of allylic oxidation sites excluding steroid dienone is 1. The smallest absolute Gasteiger partial charge is 0.122 e. The monoisotopic (exact) mass is 231 g/mol. The molecule has 92 valence electrons. The number of hydrogen-bond donors (Lipinski definition) is 0. The van der Waals surface area contributed by atoms with E-state index in [2.05, 4.69) is 49.2 Å². The molecule has 2 nitrogen and oxygen atoms in total. The van der Waals surface area contributed by atoms with E-state index in [9.17, 15) is 0 Å². The van der Waals surface area contributed by atoms with Crippen LogP contribution in [0.5, 0.6) is 5.75 Å². The molecule has 0 atom stereocenters. The Balaban J connectivity index is 2.01. The molecule has 1 aromatic carbocycles. The number of benzene rings is 1. The summed E-state index contributed by atoms with van der Waals surface area (Å²) in [6.45, 7) is 4.89. The molecule has 0 saturated carbocycles. The summed E-state index contributed by atoms with van der Waals surface area (Å²) in [5.74, 6) is 1.09. The summed E-state index contributed by atoms with van der Waals surface area (Å²) in [6.07, 6.45) is 6.57. The van der Waals surface area contributed by atoms with Gasteiger partial charge in [-0.3, -0.25) is 4.90 Å². The number of hydrogen-bond acceptors (Lipinski definition) is 2. The minimum absolute atomic E-state index is 0.866. The third-order valence-corrected chi connectivity index (χ3v) is 3.08. The second kappa shape index (κ2) is 5.87. The Labute approximate surface area is 104 Å². The lowest BCUT2D eigenvalue weighted by molar-refractivity contribution is 0.287. The summed E-state index contributed by atoms with van der Waals surface area (Å²) in [5.41, 5.74) is 2.69. The summed E-state index contributed by atoms with van der Waals surface area (Å²) < 4.78 is 5.69. The zero-order valence-electron chi connectivity index (χ0n) is 10.8. The lowest BCUT2D eigenvalue weighted by atomic mass is 10.0. The van der Waals surface area contributed by atoms with Crippen molar-refractivity contribution in [2.45, 2.75) is 26.3 Å². The molecule has 0 spiro atoms. The molecular formula is C15H21NO. The van der Waals surface area contributed by atoms with Gasteiger partial charge in [0.2, 0.25) is 0 Å². The fourth-order valence-corrected chi connectivity index (χ4v) is 2.14. The molecule has 1 aliphatic heterocycles. The van der Waals surface area contributed by atoms with Gasteiger partial charge in [-0.15, -0.1) is 0 Å². The van der Waals surface area contributed by atoms with Gasteiger partial charge in [0.1, 0.15) is 5.75 Å². The molecular weight excluding hydrogens is 210 g/mol. The van der Waals surface area contributed by atoms with Crippen LogP contribution in [0, 0.1) is 0 Å². The quantitative estimate of drug-likeness (QED) is 0.739. The summed E-state index contributed by atoms with van der Waals surface area (Å²) in [6, 6.07) is 6.63. The van der Waals surface area contributed by atoms with E-state index in [4.69, 9.17) is 4.74 Å². The van der Waals surface area contributed by atoms with Crippen molar-refractivity contribution in [3.8, 4) is 5.75 Å². The Morgan fingerprint density at radius 1 is 1.41 bits per heavy atom. The fraction of sp³-hybridized carbons (Fsp3) is 0.467. The molecule has 0 bridgehead atoms. The van der Waals surface area contributed by atoms with Crippen molar-refractivity contribution in [2.24, 2.45) is 0 Å². The predicted molar refractivity (Wildman–Crippen MR) is 71.4 cm³/mol. The molecule has 0 unspecified atom stereocenters. The van der Waals surface area contributed by atoms with E-state index >= 15 is 0 Å². The van der Waals surface area contributed by atoms with Gasteiger partial charge in [-0.25, -0.2) is 0 Å². The molecule has 1 heterocycles.